The summed E-state index contributed by atoms with van der Waals surface area (Å²) in [6.45, 7) is 8.87. The Morgan fingerprint density at radius 3 is 0.868 bits per heavy atom. The summed E-state index contributed by atoms with van der Waals surface area (Å²) >= 11 is 0. The largest absolute Gasteiger partial charge is 0.314 e. The normalized spacial score (nSPS) is 19.5. The lowest BCUT2D eigenvalue weighted by Crippen LogP contribution is -2.51. The van der Waals surface area contributed by atoms with Gasteiger partial charge in [0, 0.05) is 34.3 Å². The van der Waals surface area contributed by atoms with Gasteiger partial charge in [-0.15, -0.1) is 0 Å². The number of hydrogen-bond donors (Lipinski definition) is 0. The zero-order valence-electron chi connectivity index (χ0n) is 38.4. The van der Waals surface area contributed by atoms with Crippen molar-refractivity contribution in [3.05, 3.63) is 200 Å². The number of nitrogens with zero attached hydrogens (tertiary/aromatic N) is 2. The maximum atomic E-state index is 17.2. The summed E-state index contributed by atoms with van der Waals surface area (Å²) in [6, 6.07) is 68.9. The lowest BCUT2D eigenvalue weighted by molar-refractivity contribution is 0.458. The second-order valence-electron chi connectivity index (χ2n) is 18.3. The van der Waals surface area contributed by atoms with Crippen molar-refractivity contribution in [2.24, 2.45) is 0 Å². The first-order valence-electron chi connectivity index (χ1n) is 23.4. The maximum Gasteiger partial charge on any atom is 0.211 e. The van der Waals surface area contributed by atoms with Gasteiger partial charge in [-0.2, -0.15) is 0 Å². The molecule has 12 rings (SSSR count). The van der Waals surface area contributed by atoms with E-state index >= 15 is 13.7 Å². The van der Waals surface area contributed by atoms with Crippen molar-refractivity contribution >= 4 is 70.5 Å². The summed E-state index contributed by atoms with van der Waals surface area (Å²) in [7, 11) is -10.8. The first-order chi connectivity index (χ1) is 33.0. The molecule has 3 aliphatic heterocycles. The molecule has 0 saturated carbocycles. The third kappa shape index (κ3) is 6.45. The van der Waals surface area contributed by atoms with Crippen LogP contribution >= 0.6 is 21.6 Å². The summed E-state index contributed by atoms with van der Waals surface area (Å²) < 4.78 is 52.2. The van der Waals surface area contributed by atoms with Crippen LogP contribution in [0.2, 0.25) is 0 Å². The number of anilines is 3. The molecule has 0 fully saturated rings. The van der Waals surface area contributed by atoms with Gasteiger partial charge < -0.3 is 14.0 Å². The van der Waals surface area contributed by atoms with Crippen LogP contribution in [0.4, 0.5) is 17.1 Å². The summed E-state index contributed by atoms with van der Waals surface area (Å²) in [5, 5.41) is 4.00. The Kier molecular flexibility index (Phi) is 10.1. The van der Waals surface area contributed by atoms with Gasteiger partial charge in [0.15, 0.2) is 0 Å². The molecule has 68 heavy (non-hydrogen) atoms. The van der Waals surface area contributed by atoms with Gasteiger partial charge in [-0.1, -0.05) is 159 Å². The van der Waals surface area contributed by atoms with Gasteiger partial charge in [0.05, 0.1) is 27.7 Å². The lowest BCUT2D eigenvalue weighted by Gasteiger charge is -2.50. The van der Waals surface area contributed by atoms with E-state index in [1.54, 1.807) is 0 Å². The van der Waals surface area contributed by atoms with Crippen molar-refractivity contribution in [2.45, 2.75) is 13.8 Å². The van der Waals surface area contributed by atoms with Crippen molar-refractivity contribution in [1.29, 1.82) is 0 Å². The molecular weight excluding hydrogens is 890 g/mol. The fraction of sp³-hybridized carbons (Fsp3) is 0.100. The monoisotopic (exact) mass is 938 g/mol. The highest BCUT2D eigenvalue weighted by atomic mass is 31.2. The molecule has 3 aliphatic rings. The molecule has 0 radical (unpaired) electrons. The second-order valence-corrected chi connectivity index (χ2v) is 26.6. The van der Waals surface area contributed by atoms with Gasteiger partial charge in [0.1, 0.15) is 14.3 Å². The van der Waals surface area contributed by atoms with E-state index in [-0.39, 0.29) is 0 Å². The predicted molar refractivity (Wildman–Crippen MR) is 289 cm³/mol. The van der Waals surface area contributed by atoms with E-state index in [1.807, 2.05) is 67.9 Å². The number of benzene rings is 9. The molecule has 0 aliphatic carbocycles. The van der Waals surface area contributed by atoms with Crippen LogP contribution in [0.15, 0.2) is 200 Å². The van der Waals surface area contributed by atoms with Gasteiger partial charge in [0.2, 0.25) is 7.29 Å². The first-order valence-corrected chi connectivity index (χ1v) is 29.3. The molecular formula is C60H49N2O3P3. The van der Waals surface area contributed by atoms with Crippen LogP contribution in [0.3, 0.4) is 0 Å². The zero-order chi connectivity index (χ0) is 46.5. The van der Waals surface area contributed by atoms with Crippen LogP contribution in [0.1, 0.15) is 13.8 Å². The average Bonchev–Trinajstić information content (AvgIpc) is 3.39. The van der Waals surface area contributed by atoms with E-state index < -0.39 is 21.6 Å². The molecule has 0 amide bonds. The average molecular weight is 939 g/mol. The summed E-state index contributed by atoms with van der Waals surface area (Å²) in [5.41, 5.74) is 14.0. The lowest BCUT2D eigenvalue weighted by atomic mass is 9.97. The quantitative estimate of drug-likeness (QED) is 0.135. The summed E-state index contributed by atoms with van der Waals surface area (Å²) in [5.74, 6) is 0. The van der Waals surface area contributed by atoms with Crippen molar-refractivity contribution in [2.75, 3.05) is 31.3 Å². The van der Waals surface area contributed by atoms with Gasteiger partial charge in [0.25, 0.3) is 0 Å². The molecule has 0 aromatic heterocycles. The molecule has 0 N–H and O–H groups in total. The van der Waals surface area contributed by atoms with Crippen LogP contribution in [0.5, 0.6) is 0 Å². The van der Waals surface area contributed by atoms with Gasteiger partial charge in [-0.25, -0.2) is 4.67 Å². The standard InChI is InChI=1S/C60H49N2O3P3/c1-5-61(6-2)68(65)56-38-50(47-29-17-26-44(32-47)41-21-12-8-13-22-41)36-54-59(56)62-58-52(66(54,3)63)34-49(46-28-16-25-43(31-46)40-19-10-7-11-20-40)35-53(58)67(4,64)55-37-51(39-57(68)60(55)62)48-30-18-27-45(33-48)42-23-14-9-15-24-42/h7-39H,5-6H2,1-4H3. The van der Waals surface area contributed by atoms with E-state index in [2.05, 4.69) is 169 Å². The minimum absolute atomic E-state index is 0.513. The van der Waals surface area contributed by atoms with Crippen molar-refractivity contribution in [3.63, 3.8) is 0 Å². The topological polar surface area (TPSA) is 57.7 Å². The minimum Gasteiger partial charge on any atom is -0.314 e. The number of hydrogen-bond acceptors (Lipinski definition) is 4. The Labute approximate surface area is 399 Å². The van der Waals surface area contributed by atoms with E-state index in [0.29, 0.717) is 62.0 Å². The third-order valence-electron chi connectivity index (χ3n) is 14.4. The number of rotatable bonds is 9. The van der Waals surface area contributed by atoms with E-state index in [9.17, 15) is 0 Å². The Balaban J connectivity index is 1.18. The highest BCUT2D eigenvalue weighted by Gasteiger charge is 2.55. The Morgan fingerprint density at radius 1 is 0.324 bits per heavy atom. The molecule has 8 heteroatoms. The highest BCUT2D eigenvalue weighted by molar-refractivity contribution is 7.82. The molecule has 0 saturated heterocycles. The maximum absolute atomic E-state index is 17.2. The van der Waals surface area contributed by atoms with E-state index in [1.165, 1.54) is 0 Å². The molecule has 2 atom stereocenters. The van der Waals surface area contributed by atoms with Gasteiger partial charge in [-0.3, -0.25) is 4.57 Å². The Morgan fingerprint density at radius 2 is 0.574 bits per heavy atom. The van der Waals surface area contributed by atoms with Crippen molar-refractivity contribution < 1.29 is 13.7 Å². The van der Waals surface area contributed by atoms with E-state index in [0.717, 1.165) is 66.8 Å². The molecule has 9 aromatic rings. The van der Waals surface area contributed by atoms with Crippen molar-refractivity contribution in [1.82, 2.24) is 4.67 Å². The van der Waals surface area contributed by atoms with Crippen molar-refractivity contribution in [3.8, 4) is 66.8 Å². The smallest absolute Gasteiger partial charge is 0.211 e. The molecule has 2 unspecified atom stereocenters. The zero-order valence-corrected chi connectivity index (χ0v) is 41.1. The first kappa shape index (κ1) is 42.8. The van der Waals surface area contributed by atoms with Crippen LogP contribution in [0, 0.1) is 0 Å². The molecule has 0 spiro atoms. The van der Waals surface area contributed by atoms with Gasteiger partial charge >= 0.3 is 0 Å². The van der Waals surface area contributed by atoms with Crippen LogP contribution in [-0.2, 0) is 13.7 Å². The molecule has 3 heterocycles. The SMILES string of the molecule is CCN(CC)P1(=O)c2cc(-c3cccc(-c4ccccc4)c3)cc3c2N2c4c(cc(-c5cccc(-c6ccccc6)c5)cc4P(C)(=O)c4cc(-c5cccc(-c6ccccc6)c5)cc1c42)P3(C)=O. The second kappa shape index (κ2) is 16.0. The minimum atomic E-state index is -3.75. The summed E-state index contributed by atoms with van der Waals surface area (Å²) in [6.07, 6.45) is 0. The fourth-order valence-electron chi connectivity index (χ4n) is 10.9. The van der Waals surface area contributed by atoms with E-state index in [4.69, 9.17) is 0 Å². The molecule has 9 aromatic carbocycles. The van der Waals surface area contributed by atoms with Crippen LogP contribution < -0.4 is 36.7 Å². The fourth-order valence-corrected chi connectivity index (χ4v) is 19.1. The van der Waals surface area contributed by atoms with Crippen LogP contribution in [0.25, 0.3) is 66.8 Å². The predicted octanol–water partition coefficient (Wildman–Crippen LogP) is 13.6. The highest BCUT2D eigenvalue weighted by Crippen LogP contribution is 2.66. The third-order valence-corrected chi connectivity index (χ3v) is 22.8. The van der Waals surface area contributed by atoms with Crippen LogP contribution in [-0.4, -0.2) is 31.1 Å². The Hall–Kier alpha value is -6.57. The Bertz CT molecular complexity index is 3490. The van der Waals surface area contributed by atoms with Gasteiger partial charge in [-0.05, 0) is 135 Å². The molecule has 0 bridgehead atoms. The molecule has 332 valence electrons. The molecule has 5 nitrogen and oxygen atoms in total. The summed E-state index contributed by atoms with van der Waals surface area (Å²) in [4.78, 5) is 2.22.